The molecule has 0 bridgehead atoms. The fraction of sp³-hybridized carbons (Fsp3) is 0.167. The van der Waals surface area contributed by atoms with E-state index in [4.69, 9.17) is 0 Å². The largest absolute Gasteiger partial charge is 0.343 e. The number of aryl methyl sites for hydroxylation is 1. The molecule has 1 N–H and O–H groups in total. The van der Waals surface area contributed by atoms with Gasteiger partial charge in [0.05, 0.1) is 0 Å². The van der Waals surface area contributed by atoms with Gasteiger partial charge < -0.3 is 9.88 Å². The second-order valence-corrected chi connectivity index (χ2v) is 7.02. The van der Waals surface area contributed by atoms with E-state index < -0.39 is 0 Å². The highest BCUT2D eigenvalue weighted by atomic mass is 19.1. The molecule has 0 radical (unpaired) electrons. The molecular formula is C24H23FN2. The minimum atomic E-state index is -0.196. The normalized spacial score (nSPS) is 11.2. The molecular weight excluding hydrogens is 335 g/mol. The van der Waals surface area contributed by atoms with Crippen molar-refractivity contribution in [2.45, 2.75) is 26.6 Å². The van der Waals surface area contributed by atoms with E-state index in [9.17, 15) is 4.39 Å². The molecule has 2 nitrogen and oxygen atoms in total. The Kier molecular flexibility index (Phi) is 5.03. The van der Waals surface area contributed by atoms with Crippen LogP contribution in [0.3, 0.4) is 0 Å². The van der Waals surface area contributed by atoms with E-state index in [-0.39, 0.29) is 5.82 Å². The summed E-state index contributed by atoms with van der Waals surface area (Å²) in [5, 5.41) is 4.75. The molecule has 0 amide bonds. The Bertz CT molecular complexity index is 1050. The van der Waals surface area contributed by atoms with E-state index in [1.54, 1.807) is 0 Å². The third-order valence-electron chi connectivity index (χ3n) is 4.86. The molecule has 0 unspecified atom stereocenters. The summed E-state index contributed by atoms with van der Waals surface area (Å²) >= 11 is 0. The number of para-hydroxylation sites is 1. The molecule has 3 heteroatoms. The molecule has 0 saturated heterocycles. The Morgan fingerprint density at radius 3 is 2.48 bits per heavy atom. The van der Waals surface area contributed by atoms with Gasteiger partial charge in [0, 0.05) is 36.7 Å². The van der Waals surface area contributed by atoms with Gasteiger partial charge in [-0.05, 0) is 41.8 Å². The van der Waals surface area contributed by atoms with Gasteiger partial charge in [0.25, 0.3) is 0 Å². The highest BCUT2D eigenvalue weighted by molar-refractivity contribution is 5.84. The van der Waals surface area contributed by atoms with Gasteiger partial charge in [-0.2, -0.15) is 0 Å². The Hall–Kier alpha value is -2.91. The van der Waals surface area contributed by atoms with Gasteiger partial charge in [-0.25, -0.2) is 4.39 Å². The lowest BCUT2D eigenvalue weighted by Crippen LogP contribution is -2.12. The number of hydrogen-bond donors (Lipinski definition) is 1. The van der Waals surface area contributed by atoms with Crippen molar-refractivity contribution in [3.8, 4) is 0 Å². The molecule has 0 fully saturated rings. The van der Waals surface area contributed by atoms with Crippen molar-refractivity contribution in [3.63, 3.8) is 0 Å². The van der Waals surface area contributed by atoms with E-state index in [0.29, 0.717) is 0 Å². The summed E-state index contributed by atoms with van der Waals surface area (Å²) < 4.78 is 15.4. The second-order valence-electron chi connectivity index (χ2n) is 7.02. The zero-order chi connectivity index (χ0) is 18.6. The maximum atomic E-state index is 13.0. The smallest absolute Gasteiger partial charge is 0.123 e. The lowest BCUT2D eigenvalue weighted by Gasteiger charge is -2.06. The van der Waals surface area contributed by atoms with Crippen LogP contribution < -0.4 is 5.32 Å². The van der Waals surface area contributed by atoms with Crippen molar-refractivity contribution in [1.29, 1.82) is 0 Å². The van der Waals surface area contributed by atoms with Gasteiger partial charge in [0.2, 0.25) is 0 Å². The summed E-state index contributed by atoms with van der Waals surface area (Å²) in [5.74, 6) is -0.196. The van der Waals surface area contributed by atoms with Crippen LogP contribution in [0.1, 0.15) is 22.3 Å². The molecule has 1 heterocycles. The van der Waals surface area contributed by atoms with E-state index in [1.807, 2.05) is 12.1 Å². The summed E-state index contributed by atoms with van der Waals surface area (Å²) in [6.07, 6.45) is 2.24. The van der Waals surface area contributed by atoms with Crippen molar-refractivity contribution in [2.75, 3.05) is 0 Å². The van der Waals surface area contributed by atoms with Gasteiger partial charge in [-0.15, -0.1) is 0 Å². The Morgan fingerprint density at radius 1 is 0.852 bits per heavy atom. The minimum Gasteiger partial charge on any atom is -0.343 e. The zero-order valence-electron chi connectivity index (χ0n) is 15.5. The first-order valence-electron chi connectivity index (χ1n) is 9.26. The van der Waals surface area contributed by atoms with Gasteiger partial charge in [-0.1, -0.05) is 60.2 Å². The fourth-order valence-corrected chi connectivity index (χ4v) is 3.55. The number of nitrogens with zero attached hydrogens (tertiary/aromatic N) is 1. The van der Waals surface area contributed by atoms with Crippen molar-refractivity contribution >= 4 is 10.9 Å². The lowest BCUT2D eigenvalue weighted by molar-refractivity contribution is 0.625. The van der Waals surface area contributed by atoms with Crippen LogP contribution >= 0.6 is 0 Å². The maximum absolute atomic E-state index is 13.0. The predicted octanol–water partition coefficient (Wildman–Crippen LogP) is 5.43. The van der Waals surface area contributed by atoms with Crippen LogP contribution in [0.15, 0.2) is 79.0 Å². The summed E-state index contributed by atoms with van der Waals surface area (Å²) in [7, 11) is 0. The molecule has 136 valence electrons. The fourth-order valence-electron chi connectivity index (χ4n) is 3.55. The highest BCUT2D eigenvalue weighted by Gasteiger charge is 2.08. The number of fused-ring (bicyclic) bond motifs is 1. The Morgan fingerprint density at radius 2 is 1.67 bits per heavy atom. The quantitative estimate of drug-likeness (QED) is 0.486. The van der Waals surface area contributed by atoms with Gasteiger partial charge in [-0.3, -0.25) is 0 Å². The van der Waals surface area contributed by atoms with Crippen LogP contribution in [0.5, 0.6) is 0 Å². The van der Waals surface area contributed by atoms with Crippen LogP contribution in [-0.4, -0.2) is 4.57 Å². The van der Waals surface area contributed by atoms with Gasteiger partial charge in [0.15, 0.2) is 0 Å². The van der Waals surface area contributed by atoms with Crippen molar-refractivity contribution in [2.24, 2.45) is 0 Å². The molecule has 0 aliphatic rings. The number of benzene rings is 3. The third kappa shape index (κ3) is 4.09. The summed E-state index contributed by atoms with van der Waals surface area (Å²) in [4.78, 5) is 0. The third-order valence-corrected chi connectivity index (χ3v) is 4.86. The number of halogens is 1. The first-order chi connectivity index (χ1) is 13.2. The van der Waals surface area contributed by atoms with Crippen LogP contribution in [-0.2, 0) is 19.6 Å². The van der Waals surface area contributed by atoms with Gasteiger partial charge in [0.1, 0.15) is 5.82 Å². The highest BCUT2D eigenvalue weighted by Crippen LogP contribution is 2.22. The average Bonchev–Trinajstić information content (AvgIpc) is 3.01. The molecule has 1 aromatic heterocycles. The molecule has 0 aliphatic carbocycles. The van der Waals surface area contributed by atoms with Crippen molar-refractivity contribution in [1.82, 2.24) is 9.88 Å². The zero-order valence-corrected chi connectivity index (χ0v) is 15.5. The monoisotopic (exact) mass is 358 g/mol. The van der Waals surface area contributed by atoms with Crippen LogP contribution in [0, 0.1) is 12.7 Å². The standard InChI is InChI=1S/C24H23FN2/c1-18-5-4-6-20(13-18)16-27-17-21(23-7-2-3-8-24(23)27)15-26-14-19-9-11-22(25)12-10-19/h2-13,17,26H,14-16H2,1H3. The van der Waals surface area contributed by atoms with Crippen LogP contribution in [0.4, 0.5) is 4.39 Å². The summed E-state index contributed by atoms with van der Waals surface area (Å²) in [6.45, 7) is 4.48. The van der Waals surface area contributed by atoms with Crippen molar-refractivity contribution in [3.05, 3.63) is 107 Å². The van der Waals surface area contributed by atoms with Crippen LogP contribution in [0.2, 0.25) is 0 Å². The Labute approximate surface area is 159 Å². The molecule has 0 saturated carbocycles. The SMILES string of the molecule is Cc1cccc(Cn2cc(CNCc3ccc(F)cc3)c3ccccc32)c1. The first-order valence-corrected chi connectivity index (χ1v) is 9.26. The number of aromatic nitrogens is 1. The Balaban J connectivity index is 1.53. The topological polar surface area (TPSA) is 17.0 Å². The van der Waals surface area contributed by atoms with Crippen molar-refractivity contribution < 1.29 is 4.39 Å². The maximum Gasteiger partial charge on any atom is 0.123 e. The molecule has 3 aromatic carbocycles. The average molecular weight is 358 g/mol. The predicted molar refractivity (Wildman–Crippen MR) is 109 cm³/mol. The molecule has 0 aliphatic heterocycles. The molecule has 0 atom stereocenters. The molecule has 4 rings (SSSR count). The minimum absolute atomic E-state index is 0.196. The first kappa shape index (κ1) is 17.5. The van der Waals surface area contributed by atoms with E-state index >= 15 is 0 Å². The van der Waals surface area contributed by atoms with Gasteiger partial charge >= 0.3 is 0 Å². The van der Waals surface area contributed by atoms with E-state index in [0.717, 1.165) is 25.2 Å². The molecule has 0 spiro atoms. The number of nitrogens with one attached hydrogen (secondary N) is 1. The van der Waals surface area contributed by atoms with E-state index in [2.05, 4.69) is 71.5 Å². The summed E-state index contributed by atoms with van der Waals surface area (Å²) in [5.41, 5.74) is 6.20. The van der Waals surface area contributed by atoms with Crippen LogP contribution in [0.25, 0.3) is 10.9 Å². The molecule has 4 aromatic rings. The second kappa shape index (κ2) is 7.77. The molecule has 27 heavy (non-hydrogen) atoms. The number of rotatable bonds is 6. The summed E-state index contributed by atoms with van der Waals surface area (Å²) in [6, 6.07) is 23.8. The number of hydrogen-bond acceptors (Lipinski definition) is 1. The lowest BCUT2D eigenvalue weighted by atomic mass is 10.1. The van der Waals surface area contributed by atoms with E-state index in [1.165, 1.54) is 39.7 Å².